The molecule has 0 heterocycles. The van der Waals surface area contributed by atoms with Crippen molar-refractivity contribution in [3.8, 4) is 0 Å². The monoisotopic (exact) mass is 408 g/mol. The van der Waals surface area contributed by atoms with Crippen molar-refractivity contribution in [1.29, 1.82) is 0 Å². The number of aliphatic carboxylic acids is 1. The number of nitrogens with zero attached hydrogens (tertiary/aromatic N) is 1. The van der Waals surface area contributed by atoms with Gasteiger partial charge in [0.2, 0.25) is 6.21 Å². The van der Waals surface area contributed by atoms with Gasteiger partial charge in [0, 0.05) is 28.5 Å². The van der Waals surface area contributed by atoms with E-state index in [2.05, 4.69) is 6.92 Å². The van der Waals surface area contributed by atoms with Crippen LogP contribution in [0.4, 0.5) is 5.69 Å². The molecule has 0 radical (unpaired) electrons. The molecule has 30 heavy (non-hydrogen) atoms. The van der Waals surface area contributed by atoms with Crippen molar-refractivity contribution >= 4 is 23.9 Å². The zero-order chi connectivity index (χ0) is 21.4. The summed E-state index contributed by atoms with van der Waals surface area (Å²) in [5.74, 6) is -0.952. The number of rotatable bonds is 14. The number of hydrogen-bond donors (Lipinski definition) is 1. The third-order valence-electron chi connectivity index (χ3n) is 4.86. The summed E-state index contributed by atoms with van der Waals surface area (Å²) >= 11 is 0. The molecule has 0 aromatic heterocycles. The topological polar surface area (TPSA) is 49.5 Å². The van der Waals surface area contributed by atoms with Crippen LogP contribution >= 0.6 is 0 Å². The summed E-state index contributed by atoms with van der Waals surface area (Å²) in [4.78, 5) is 16.8. The number of carboxylic acids is 1. The SMILES string of the molecule is CCCCCCCCCCO[N+](=Cc1ccccc1)c1ccc(C=CC(=O)O)cc1. The highest BCUT2D eigenvalue weighted by Gasteiger charge is 2.12. The lowest BCUT2D eigenvalue weighted by Gasteiger charge is -2.05. The summed E-state index contributed by atoms with van der Waals surface area (Å²) in [6.07, 6.45) is 14.8. The molecule has 0 aliphatic heterocycles. The lowest BCUT2D eigenvalue weighted by atomic mass is 10.1. The molecule has 2 aromatic rings. The summed E-state index contributed by atoms with van der Waals surface area (Å²) in [7, 11) is 0. The second-order valence-corrected chi connectivity index (χ2v) is 7.44. The lowest BCUT2D eigenvalue weighted by molar-refractivity contribution is -0.725. The van der Waals surface area contributed by atoms with Gasteiger partial charge in [0.15, 0.2) is 6.61 Å². The third kappa shape index (κ3) is 9.55. The van der Waals surface area contributed by atoms with Crippen LogP contribution in [0.2, 0.25) is 0 Å². The fourth-order valence-corrected chi connectivity index (χ4v) is 3.16. The second-order valence-electron chi connectivity index (χ2n) is 7.44. The molecule has 0 amide bonds. The van der Waals surface area contributed by atoms with E-state index in [4.69, 9.17) is 9.94 Å². The Morgan fingerprint density at radius 1 is 0.867 bits per heavy atom. The molecule has 0 atom stereocenters. The Morgan fingerprint density at radius 2 is 1.50 bits per heavy atom. The summed E-state index contributed by atoms with van der Waals surface area (Å²) < 4.78 is 1.81. The minimum Gasteiger partial charge on any atom is -0.478 e. The number of benzene rings is 2. The van der Waals surface area contributed by atoms with Crippen LogP contribution in [-0.4, -0.2) is 28.6 Å². The maximum absolute atomic E-state index is 10.7. The van der Waals surface area contributed by atoms with Crippen molar-refractivity contribution in [3.05, 3.63) is 71.8 Å². The number of carbonyl (C=O) groups is 1. The average Bonchev–Trinajstić information content (AvgIpc) is 2.77. The smallest absolute Gasteiger partial charge is 0.328 e. The lowest BCUT2D eigenvalue weighted by Crippen LogP contribution is -2.10. The van der Waals surface area contributed by atoms with E-state index in [9.17, 15) is 4.79 Å². The van der Waals surface area contributed by atoms with Crippen LogP contribution in [0, 0.1) is 0 Å². The molecule has 1 N–H and O–H groups in total. The van der Waals surface area contributed by atoms with Gasteiger partial charge in [0.25, 0.3) is 5.69 Å². The first-order valence-corrected chi connectivity index (χ1v) is 11.0. The van der Waals surface area contributed by atoms with E-state index in [0.29, 0.717) is 6.61 Å². The number of hydrogen-bond acceptors (Lipinski definition) is 2. The van der Waals surface area contributed by atoms with E-state index in [1.165, 1.54) is 44.9 Å². The van der Waals surface area contributed by atoms with Gasteiger partial charge in [-0.25, -0.2) is 4.79 Å². The molecule has 0 aliphatic carbocycles. The molecule has 0 bridgehead atoms. The molecule has 0 saturated heterocycles. The van der Waals surface area contributed by atoms with Crippen LogP contribution in [-0.2, 0) is 9.63 Å². The zero-order valence-electron chi connectivity index (χ0n) is 18.0. The molecular formula is C26H34NO3+. The maximum atomic E-state index is 10.7. The Kier molecular flexibility index (Phi) is 11.0. The predicted molar refractivity (Wildman–Crippen MR) is 123 cm³/mol. The van der Waals surface area contributed by atoms with Crippen molar-refractivity contribution in [2.24, 2.45) is 0 Å². The van der Waals surface area contributed by atoms with Crippen molar-refractivity contribution in [2.45, 2.75) is 58.3 Å². The van der Waals surface area contributed by atoms with E-state index >= 15 is 0 Å². The molecule has 4 nitrogen and oxygen atoms in total. The zero-order valence-corrected chi connectivity index (χ0v) is 18.0. The van der Waals surface area contributed by atoms with Crippen molar-refractivity contribution in [1.82, 2.24) is 0 Å². The highest BCUT2D eigenvalue weighted by atomic mass is 16.7. The molecule has 0 saturated carbocycles. The molecule has 0 spiro atoms. The van der Waals surface area contributed by atoms with Crippen LogP contribution in [0.25, 0.3) is 6.08 Å². The van der Waals surface area contributed by atoms with Gasteiger partial charge in [-0.15, -0.1) is 0 Å². The van der Waals surface area contributed by atoms with Gasteiger partial charge in [0.1, 0.15) is 0 Å². The van der Waals surface area contributed by atoms with Crippen LogP contribution < -0.4 is 0 Å². The standard InChI is InChI=1S/C26H33NO3/c1-2-3-4-5-6-7-8-12-21-30-27(22-24-13-10-9-11-14-24)25-18-15-23(16-19-25)17-20-26(28)29/h9-11,13-20,22H,2-8,12,21H2,1H3/p+1. The summed E-state index contributed by atoms with van der Waals surface area (Å²) in [5, 5.41) is 8.77. The Labute approximate surface area is 180 Å². The maximum Gasteiger partial charge on any atom is 0.328 e. The Morgan fingerprint density at radius 3 is 2.13 bits per heavy atom. The summed E-state index contributed by atoms with van der Waals surface area (Å²) in [5.41, 5.74) is 2.80. The minimum atomic E-state index is -0.952. The second kappa shape index (κ2) is 14.2. The highest BCUT2D eigenvalue weighted by Crippen LogP contribution is 2.16. The largest absolute Gasteiger partial charge is 0.478 e. The van der Waals surface area contributed by atoms with Gasteiger partial charge < -0.3 is 5.11 Å². The van der Waals surface area contributed by atoms with Gasteiger partial charge in [-0.3, -0.25) is 4.84 Å². The van der Waals surface area contributed by atoms with Crippen LogP contribution in [0.3, 0.4) is 0 Å². The molecule has 2 rings (SSSR count). The first kappa shape index (κ1) is 23.4. The van der Waals surface area contributed by atoms with Crippen LogP contribution in [0.15, 0.2) is 60.7 Å². The molecule has 4 heteroatoms. The van der Waals surface area contributed by atoms with Crippen molar-refractivity contribution in [2.75, 3.05) is 6.61 Å². The normalized spacial score (nSPS) is 11.7. The van der Waals surface area contributed by atoms with E-state index in [0.717, 1.165) is 29.3 Å². The molecule has 0 aliphatic rings. The fourth-order valence-electron chi connectivity index (χ4n) is 3.16. The summed E-state index contributed by atoms with van der Waals surface area (Å²) in [6.45, 7) is 2.91. The third-order valence-corrected chi connectivity index (χ3v) is 4.86. The Balaban J connectivity index is 1.93. The Bertz CT molecular complexity index is 795. The first-order chi connectivity index (χ1) is 14.7. The van der Waals surface area contributed by atoms with Crippen LogP contribution in [0.1, 0.15) is 69.4 Å². The van der Waals surface area contributed by atoms with E-state index in [1.54, 1.807) is 10.8 Å². The van der Waals surface area contributed by atoms with Crippen LogP contribution in [0.5, 0.6) is 0 Å². The number of carboxylic acid groups (broad SMARTS) is 1. The van der Waals surface area contributed by atoms with Gasteiger partial charge in [-0.2, -0.15) is 0 Å². The molecule has 160 valence electrons. The molecular weight excluding hydrogens is 374 g/mol. The van der Waals surface area contributed by atoms with Gasteiger partial charge >= 0.3 is 5.97 Å². The molecule has 2 aromatic carbocycles. The van der Waals surface area contributed by atoms with E-state index < -0.39 is 5.97 Å². The van der Waals surface area contributed by atoms with E-state index in [1.807, 2.05) is 60.8 Å². The van der Waals surface area contributed by atoms with Crippen molar-refractivity contribution in [3.63, 3.8) is 0 Å². The highest BCUT2D eigenvalue weighted by molar-refractivity contribution is 5.85. The Hall–Kier alpha value is -2.88. The number of unbranched alkanes of at least 4 members (excludes halogenated alkanes) is 7. The van der Waals surface area contributed by atoms with Gasteiger partial charge in [-0.05, 0) is 48.7 Å². The van der Waals surface area contributed by atoms with Crippen molar-refractivity contribution < 1.29 is 19.5 Å². The van der Waals surface area contributed by atoms with Gasteiger partial charge in [0.05, 0.1) is 0 Å². The first-order valence-electron chi connectivity index (χ1n) is 11.0. The van der Waals surface area contributed by atoms with Gasteiger partial charge in [-0.1, -0.05) is 63.6 Å². The van der Waals surface area contributed by atoms with E-state index in [-0.39, 0.29) is 0 Å². The molecule has 0 unspecified atom stereocenters. The molecule has 0 fully saturated rings. The minimum absolute atomic E-state index is 0.666. The average molecular weight is 409 g/mol. The predicted octanol–water partition coefficient (Wildman–Crippen LogP) is 6.62. The summed E-state index contributed by atoms with van der Waals surface area (Å²) in [6, 6.07) is 17.7. The quantitative estimate of drug-likeness (QED) is 0.126. The fraction of sp³-hybridized carbons (Fsp3) is 0.385.